The van der Waals surface area contributed by atoms with Gasteiger partial charge in [-0.3, -0.25) is 9.59 Å². The van der Waals surface area contributed by atoms with Gasteiger partial charge in [0, 0.05) is 23.0 Å². The summed E-state index contributed by atoms with van der Waals surface area (Å²) in [7, 11) is 0. The normalized spacial score (nSPS) is 17.7. The third-order valence-corrected chi connectivity index (χ3v) is 5.16. The average Bonchev–Trinajstić information content (AvgIpc) is 3.16. The number of carbonyl (C=O) groups excluding carboxylic acids is 2. The highest BCUT2D eigenvalue weighted by Crippen LogP contribution is 2.31. The van der Waals surface area contributed by atoms with Crippen LogP contribution >= 0.6 is 22.9 Å². The topological polar surface area (TPSA) is 63.4 Å². The molecule has 114 valence electrons. The number of nitrogens with two attached hydrogens (primary N) is 1. The Morgan fingerprint density at radius 3 is 2.77 bits per heavy atom. The molecular weight excluding hydrogens is 320 g/mol. The van der Waals surface area contributed by atoms with Crippen molar-refractivity contribution in [2.45, 2.75) is 6.42 Å². The minimum atomic E-state index is -0.332. The first-order valence-corrected chi connectivity index (χ1v) is 8.18. The number of nitrogens with zero attached hydrogens (tertiary/aromatic N) is 1. The van der Waals surface area contributed by atoms with Crippen LogP contribution in [-0.4, -0.2) is 29.8 Å². The lowest BCUT2D eigenvalue weighted by Gasteiger charge is -2.14. The fourth-order valence-electron chi connectivity index (χ4n) is 2.58. The number of hydrogen-bond donors (Lipinski definition) is 1. The molecular formula is C16H15ClN2O2S. The van der Waals surface area contributed by atoms with E-state index in [9.17, 15) is 9.59 Å². The lowest BCUT2D eigenvalue weighted by atomic mass is 10.1. The first-order chi connectivity index (χ1) is 10.5. The Kier molecular flexibility index (Phi) is 4.18. The van der Waals surface area contributed by atoms with Crippen LogP contribution in [0.5, 0.6) is 0 Å². The molecule has 6 heteroatoms. The molecule has 0 unspecified atom stereocenters. The molecule has 3 rings (SSSR count). The fraction of sp³-hybridized carbons (Fsp3) is 0.250. The minimum absolute atomic E-state index is 0.0398. The van der Waals surface area contributed by atoms with Crippen molar-refractivity contribution < 1.29 is 9.59 Å². The van der Waals surface area contributed by atoms with Crippen molar-refractivity contribution in [3.8, 4) is 10.4 Å². The van der Waals surface area contributed by atoms with E-state index in [0.29, 0.717) is 29.4 Å². The van der Waals surface area contributed by atoms with Crippen LogP contribution in [0, 0.1) is 5.92 Å². The van der Waals surface area contributed by atoms with Gasteiger partial charge in [-0.25, -0.2) is 0 Å². The molecule has 22 heavy (non-hydrogen) atoms. The molecule has 1 fully saturated rings. The zero-order valence-corrected chi connectivity index (χ0v) is 13.4. The van der Waals surface area contributed by atoms with E-state index in [1.807, 2.05) is 36.4 Å². The lowest BCUT2D eigenvalue weighted by molar-refractivity contribution is -0.121. The first kappa shape index (κ1) is 15.1. The fourth-order valence-corrected chi connectivity index (χ4v) is 3.74. The number of halogens is 1. The van der Waals surface area contributed by atoms with Crippen LogP contribution in [0.25, 0.3) is 10.4 Å². The van der Waals surface area contributed by atoms with Crippen molar-refractivity contribution >= 4 is 34.8 Å². The van der Waals surface area contributed by atoms with Crippen molar-refractivity contribution in [2.24, 2.45) is 11.7 Å². The van der Waals surface area contributed by atoms with Crippen LogP contribution in [0.15, 0.2) is 36.4 Å². The molecule has 1 aromatic carbocycles. The maximum atomic E-state index is 12.5. The van der Waals surface area contributed by atoms with Gasteiger partial charge in [-0.05, 0) is 36.2 Å². The second kappa shape index (κ2) is 6.10. The molecule has 1 aliphatic heterocycles. The SMILES string of the molecule is NC(=O)[C@@H]1CCN(C(=O)c2ccc(-c3cccc(Cl)c3)s2)C1. The van der Waals surface area contributed by atoms with E-state index in [-0.39, 0.29) is 17.7 Å². The standard InChI is InChI=1S/C16H15ClN2O2S/c17-12-3-1-2-10(8-12)13-4-5-14(22-13)16(21)19-7-6-11(9-19)15(18)20/h1-5,8,11H,6-7,9H2,(H2,18,20)/t11-/m1/s1. The molecule has 2 N–H and O–H groups in total. The summed E-state index contributed by atoms with van der Waals surface area (Å²) in [6, 6.07) is 11.3. The highest BCUT2D eigenvalue weighted by molar-refractivity contribution is 7.17. The van der Waals surface area contributed by atoms with Gasteiger partial charge in [0.05, 0.1) is 10.8 Å². The second-order valence-electron chi connectivity index (χ2n) is 5.31. The highest BCUT2D eigenvalue weighted by atomic mass is 35.5. The number of carbonyl (C=O) groups is 2. The molecule has 0 spiro atoms. The molecule has 1 aromatic heterocycles. The largest absolute Gasteiger partial charge is 0.369 e. The third kappa shape index (κ3) is 3.00. The molecule has 4 nitrogen and oxygen atoms in total. The van der Waals surface area contributed by atoms with Gasteiger partial charge < -0.3 is 10.6 Å². The number of thiophene rings is 1. The van der Waals surface area contributed by atoms with E-state index in [2.05, 4.69) is 0 Å². The number of primary amides is 1. The number of rotatable bonds is 3. The Morgan fingerprint density at radius 2 is 2.09 bits per heavy atom. The van der Waals surface area contributed by atoms with Crippen LogP contribution in [0.4, 0.5) is 0 Å². The Hall–Kier alpha value is -1.85. The Balaban J connectivity index is 1.77. The van der Waals surface area contributed by atoms with Crippen LogP contribution in [0.1, 0.15) is 16.1 Å². The predicted molar refractivity (Wildman–Crippen MR) is 88.0 cm³/mol. The summed E-state index contributed by atoms with van der Waals surface area (Å²) in [5.74, 6) is -0.598. The molecule has 0 aliphatic carbocycles. The number of hydrogen-bond acceptors (Lipinski definition) is 3. The van der Waals surface area contributed by atoms with Gasteiger partial charge in [0.2, 0.25) is 5.91 Å². The smallest absolute Gasteiger partial charge is 0.263 e. The van der Waals surface area contributed by atoms with E-state index >= 15 is 0 Å². The second-order valence-corrected chi connectivity index (χ2v) is 6.83. The number of benzene rings is 1. The first-order valence-electron chi connectivity index (χ1n) is 6.99. The monoisotopic (exact) mass is 334 g/mol. The molecule has 0 bridgehead atoms. The average molecular weight is 335 g/mol. The molecule has 0 saturated carbocycles. The summed E-state index contributed by atoms with van der Waals surface area (Å²) in [5.41, 5.74) is 6.30. The van der Waals surface area contributed by atoms with Gasteiger partial charge in [0.1, 0.15) is 0 Å². The summed E-state index contributed by atoms with van der Waals surface area (Å²) in [6.07, 6.45) is 0.646. The van der Waals surface area contributed by atoms with E-state index in [1.165, 1.54) is 11.3 Å². The molecule has 2 heterocycles. The molecule has 0 radical (unpaired) electrons. The molecule has 2 aromatic rings. The molecule has 1 saturated heterocycles. The van der Waals surface area contributed by atoms with Crippen LogP contribution in [0.2, 0.25) is 5.02 Å². The van der Waals surface area contributed by atoms with E-state index < -0.39 is 0 Å². The number of likely N-dealkylation sites (tertiary alicyclic amines) is 1. The predicted octanol–water partition coefficient (Wildman–Crippen LogP) is 3.02. The Labute approximate surface area is 137 Å². The zero-order valence-electron chi connectivity index (χ0n) is 11.8. The third-order valence-electron chi connectivity index (χ3n) is 3.80. The van der Waals surface area contributed by atoms with Crippen molar-refractivity contribution in [3.05, 3.63) is 46.3 Å². The van der Waals surface area contributed by atoms with Gasteiger partial charge in [-0.15, -0.1) is 11.3 Å². The van der Waals surface area contributed by atoms with Gasteiger partial charge in [0.15, 0.2) is 0 Å². The van der Waals surface area contributed by atoms with Crippen molar-refractivity contribution in [2.75, 3.05) is 13.1 Å². The number of amides is 2. The molecule has 1 atom stereocenters. The van der Waals surface area contributed by atoms with Gasteiger partial charge in [0.25, 0.3) is 5.91 Å². The van der Waals surface area contributed by atoms with Crippen molar-refractivity contribution in [3.63, 3.8) is 0 Å². The zero-order chi connectivity index (χ0) is 15.7. The van der Waals surface area contributed by atoms with E-state index in [0.717, 1.165) is 10.4 Å². The Morgan fingerprint density at radius 1 is 1.27 bits per heavy atom. The van der Waals surface area contributed by atoms with Gasteiger partial charge >= 0.3 is 0 Å². The Bertz CT molecular complexity index is 728. The van der Waals surface area contributed by atoms with Crippen LogP contribution in [0.3, 0.4) is 0 Å². The lowest BCUT2D eigenvalue weighted by Crippen LogP contribution is -2.31. The van der Waals surface area contributed by atoms with Crippen molar-refractivity contribution in [1.29, 1.82) is 0 Å². The molecule has 2 amide bonds. The van der Waals surface area contributed by atoms with E-state index in [4.69, 9.17) is 17.3 Å². The minimum Gasteiger partial charge on any atom is -0.369 e. The maximum absolute atomic E-state index is 12.5. The van der Waals surface area contributed by atoms with Crippen LogP contribution in [-0.2, 0) is 4.79 Å². The maximum Gasteiger partial charge on any atom is 0.263 e. The summed E-state index contributed by atoms with van der Waals surface area (Å²) < 4.78 is 0. The molecule has 1 aliphatic rings. The highest BCUT2D eigenvalue weighted by Gasteiger charge is 2.30. The van der Waals surface area contributed by atoms with Gasteiger partial charge in [-0.2, -0.15) is 0 Å². The summed E-state index contributed by atoms with van der Waals surface area (Å²) in [6.45, 7) is 0.995. The van der Waals surface area contributed by atoms with E-state index in [1.54, 1.807) is 4.90 Å². The quantitative estimate of drug-likeness (QED) is 0.937. The van der Waals surface area contributed by atoms with Crippen molar-refractivity contribution in [1.82, 2.24) is 4.90 Å². The summed E-state index contributed by atoms with van der Waals surface area (Å²) in [4.78, 5) is 27.0. The summed E-state index contributed by atoms with van der Waals surface area (Å²) in [5, 5.41) is 0.669. The van der Waals surface area contributed by atoms with Crippen LogP contribution < -0.4 is 5.73 Å². The summed E-state index contributed by atoms with van der Waals surface area (Å²) >= 11 is 7.43. The van der Waals surface area contributed by atoms with Gasteiger partial charge in [-0.1, -0.05) is 23.7 Å².